The molecule has 1 nitrogen and oxygen atoms in total. The van der Waals surface area contributed by atoms with Gasteiger partial charge in [-0.2, -0.15) is 0 Å². The van der Waals surface area contributed by atoms with E-state index in [1.54, 1.807) is 0 Å². The molecular formula is C55H39NS. The quantitative estimate of drug-likeness (QED) is 0.164. The van der Waals surface area contributed by atoms with Crippen LogP contribution in [0.4, 0.5) is 17.1 Å². The molecule has 10 aromatic rings. The van der Waals surface area contributed by atoms with Gasteiger partial charge in [-0.15, -0.1) is 11.3 Å². The Morgan fingerprint density at radius 3 is 1.86 bits per heavy atom. The first kappa shape index (κ1) is 33.6. The molecule has 0 bridgehead atoms. The van der Waals surface area contributed by atoms with E-state index in [1.165, 1.54) is 86.6 Å². The number of anilines is 3. The summed E-state index contributed by atoms with van der Waals surface area (Å²) in [6.45, 7) is 4.74. The van der Waals surface area contributed by atoms with Crippen molar-refractivity contribution in [2.75, 3.05) is 4.90 Å². The zero-order valence-electron chi connectivity index (χ0n) is 31.9. The average Bonchev–Trinajstić information content (AvgIpc) is 3.76. The number of nitrogens with zero attached hydrogens (tertiary/aromatic N) is 1. The third kappa shape index (κ3) is 5.51. The monoisotopic (exact) mass is 745 g/mol. The van der Waals surface area contributed by atoms with Crippen LogP contribution in [-0.4, -0.2) is 0 Å². The molecule has 0 saturated carbocycles. The van der Waals surface area contributed by atoms with E-state index in [0.717, 1.165) is 17.1 Å². The first-order valence-corrected chi connectivity index (χ1v) is 20.6. The Morgan fingerprint density at radius 1 is 0.404 bits per heavy atom. The van der Waals surface area contributed by atoms with E-state index in [0.29, 0.717) is 0 Å². The highest BCUT2D eigenvalue weighted by Gasteiger charge is 2.36. The lowest BCUT2D eigenvalue weighted by Crippen LogP contribution is -2.17. The zero-order valence-corrected chi connectivity index (χ0v) is 32.7. The number of fused-ring (bicyclic) bond motifs is 7. The van der Waals surface area contributed by atoms with Crippen molar-refractivity contribution in [2.45, 2.75) is 19.3 Å². The second kappa shape index (κ2) is 13.2. The van der Waals surface area contributed by atoms with Gasteiger partial charge < -0.3 is 4.90 Å². The minimum Gasteiger partial charge on any atom is -0.310 e. The molecule has 0 radical (unpaired) electrons. The molecule has 2 heteroatoms. The normalized spacial score (nSPS) is 12.9. The maximum atomic E-state index is 2.49. The summed E-state index contributed by atoms with van der Waals surface area (Å²) >= 11 is 1.87. The van der Waals surface area contributed by atoms with Gasteiger partial charge in [-0.25, -0.2) is 0 Å². The van der Waals surface area contributed by atoms with Crippen LogP contribution in [0, 0.1) is 0 Å². The van der Waals surface area contributed by atoms with E-state index in [-0.39, 0.29) is 5.41 Å². The number of thiophene rings is 1. The summed E-state index contributed by atoms with van der Waals surface area (Å²) in [5, 5.41) is 5.10. The fourth-order valence-electron chi connectivity index (χ4n) is 9.17. The van der Waals surface area contributed by atoms with Gasteiger partial charge in [-0.1, -0.05) is 166 Å². The van der Waals surface area contributed by atoms with E-state index >= 15 is 0 Å². The lowest BCUT2D eigenvalue weighted by Gasteiger charge is -2.30. The van der Waals surface area contributed by atoms with Crippen LogP contribution in [0.3, 0.4) is 0 Å². The molecule has 0 atom stereocenters. The Hall–Kier alpha value is -6.74. The predicted octanol–water partition coefficient (Wildman–Crippen LogP) is 16.0. The van der Waals surface area contributed by atoms with Gasteiger partial charge in [0, 0.05) is 42.5 Å². The van der Waals surface area contributed by atoms with E-state index in [1.807, 2.05) is 11.3 Å². The molecule has 0 saturated heterocycles. The van der Waals surface area contributed by atoms with Crippen molar-refractivity contribution in [3.63, 3.8) is 0 Å². The third-order valence-electron chi connectivity index (χ3n) is 12.1. The first-order valence-electron chi connectivity index (χ1n) is 19.8. The van der Waals surface area contributed by atoms with Crippen molar-refractivity contribution in [2.24, 2.45) is 0 Å². The van der Waals surface area contributed by atoms with Crippen molar-refractivity contribution in [1.82, 2.24) is 0 Å². The highest BCUT2D eigenvalue weighted by atomic mass is 32.1. The summed E-state index contributed by atoms with van der Waals surface area (Å²) in [5.41, 5.74) is 16.0. The van der Waals surface area contributed by atoms with Crippen molar-refractivity contribution in [1.29, 1.82) is 0 Å². The summed E-state index contributed by atoms with van der Waals surface area (Å²) in [6, 6.07) is 74.0. The van der Waals surface area contributed by atoms with Crippen LogP contribution in [0.1, 0.15) is 25.0 Å². The number of hydrogen-bond donors (Lipinski definition) is 0. The van der Waals surface area contributed by atoms with Crippen molar-refractivity contribution >= 4 is 59.3 Å². The first-order chi connectivity index (χ1) is 28.0. The fraction of sp³-hybridized carbons (Fsp3) is 0.0545. The number of benzene rings is 9. The highest BCUT2D eigenvalue weighted by Crippen LogP contribution is 2.53. The molecule has 0 N–H and O–H groups in total. The van der Waals surface area contributed by atoms with Gasteiger partial charge in [-0.05, 0) is 109 Å². The Labute approximate surface area is 337 Å². The van der Waals surface area contributed by atoms with Crippen LogP contribution in [0.2, 0.25) is 0 Å². The smallest absolute Gasteiger partial charge is 0.0547 e. The number of hydrogen-bond acceptors (Lipinski definition) is 2. The molecule has 1 heterocycles. The summed E-state index contributed by atoms with van der Waals surface area (Å²) in [5.74, 6) is 0. The summed E-state index contributed by atoms with van der Waals surface area (Å²) in [7, 11) is 0. The lowest BCUT2D eigenvalue weighted by molar-refractivity contribution is 0.660. The van der Waals surface area contributed by atoms with E-state index in [4.69, 9.17) is 0 Å². The maximum Gasteiger partial charge on any atom is 0.0547 e. The maximum absolute atomic E-state index is 2.49. The van der Waals surface area contributed by atoms with Gasteiger partial charge >= 0.3 is 0 Å². The minimum atomic E-state index is -0.125. The molecule has 0 aliphatic heterocycles. The molecule has 11 rings (SSSR count). The van der Waals surface area contributed by atoms with Crippen molar-refractivity contribution < 1.29 is 0 Å². The Morgan fingerprint density at radius 2 is 1.02 bits per heavy atom. The minimum absolute atomic E-state index is 0.125. The second-order valence-electron chi connectivity index (χ2n) is 15.7. The van der Waals surface area contributed by atoms with E-state index < -0.39 is 0 Å². The topological polar surface area (TPSA) is 3.24 Å². The standard InChI is InChI=1S/C55H39NS/c1-55(2)48-18-10-8-16-45(48)46-31-30-44(35-49(46)55)56(43-28-26-38(27-29-43)36-12-4-3-5-13-36)50-32-33-52-54(47-17-9-11-19-51(47)57-52)53(50)40-23-20-39(21-24-40)42-25-22-37-14-6-7-15-41(37)34-42/h3-35H,1-2H3. The van der Waals surface area contributed by atoms with Gasteiger partial charge in [0.1, 0.15) is 0 Å². The molecule has 0 spiro atoms. The Bertz CT molecular complexity index is 3130. The highest BCUT2D eigenvalue weighted by molar-refractivity contribution is 7.26. The zero-order chi connectivity index (χ0) is 38.1. The Kier molecular flexibility index (Phi) is 7.77. The van der Waals surface area contributed by atoms with Gasteiger partial charge in [0.15, 0.2) is 0 Å². The average molecular weight is 746 g/mol. The molecule has 270 valence electrons. The van der Waals surface area contributed by atoms with Crippen LogP contribution in [0.15, 0.2) is 200 Å². The predicted molar refractivity (Wildman–Crippen MR) is 245 cm³/mol. The molecule has 1 aliphatic rings. The number of rotatable bonds is 6. The summed E-state index contributed by atoms with van der Waals surface area (Å²) in [4.78, 5) is 2.49. The van der Waals surface area contributed by atoms with Crippen molar-refractivity contribution in [3.8, 4) is 44.5 Å². The molecule has 0 unspecified atom stereocenters. The summed E-state index contributed by atoms with van der Waals surface area (Å²) < 4.78 is 2.59. The third-order valence-corrected chi connectivity index (χ3v) is 13.2. The van der Waals surface area contributed by atoms with Crippen LogP contribution in [0.25, 0.3) is 75.5 Å². The van der Waals surface area contributed by atoms with Gasteiger partial charge in [-0.3, -0.25) is 0 Å². The van der Waals surface area contributed by atoms with Crippen LogP contribution in [0.5, 0.6) is 0 Å². The molecule has 0 fully saturated rings. The molecule has 1 aromatic heterocycles. The van der Waals surface area contributed by atoms with Gasteiger partial charge in [0.05, 0.1) is 5.69 Å². The second-order valence-corrected chi connectivity index (χ2v) is 16.8. The van der Waals surface area contributed by atoms with Crippen LogP contribution >= 0.6 is 11.3 Å². The summed E-state index contributed by atoms with van der Waals surface area (Å²) in [6.07, 6.45) is 0. The van der Waals surface area contributed by atoms with E-state index in [9.17, 15) is 0 Å². The molecule has 1 aliphatic carbocycles. The van der Waals surface area contributed by atoms with E-state index in [2.05, 4.69) is 219 Å². The van der Waals surface area contributed by atoms with Crippen LogP contribution in [-0.2, 0) is 5.41 Å². The van der Waals surface area contributed by atoms with Gasteiger partial charge in [0.2, 0.25) is 0 Å². The fourth-order valence-corrected chi connectivity index (χ4v) is 10.3. The molecular weight excluding hydrogens is 707 g/mol. The molecule has 0 amide bonds. The SMILES string of the molecule is CC1(C)c2ccccc2-c2ccc(N(c3ccc(-c4ccccc4)cc3)c3ccc4sc5ccccc5c4c3-c3ccc(-c4ccc5ccccc5c4)cc3)cc21. The van der Waals surface area contributed by atoms with Gasteiger partial charge in [0.25, 0.3) is 0 Å². The lowest BCUT2D eigenvalue weighted by atomic mass is 9.82. The van der Waals surface area contributed by atoms with Crippen molar-refractivity contribution in [3.05, 3.63) is 211 Å². The largest absolute Gasteiger partial charge is 0.310 e. The molecule has 9 aromatic carbocycles. The molecule has 57 heavy (non-hydrogen) atoms. The van der Waals surface area contributed by atoms with Crippen LogP contribution < -0.4 is 4.90 Å². The Balaban J connectivity index is 1.14.